The molecule has 168 valence electrons. The van der Waals surface area contributed by atoms with E-state index in [1.165, 1.54) is 0 Å². The Bertz CT molecular complexity index is 894. The fourth-order valence-electron chi connectivity index (χ4n) is 4.45. The molecule has 4 aliphatic rings. The van der Waals surface area contributed by atoms with Crippen molar-refractivity contribution in [2.45, 2.75) is 76.6 Å². The van der Waals surface area contributed by atoms with Gasteiger partial charge in [-0.05, 0) is 46.3 Å². The van der Waals surface area contributed by atoms with E-state index in [-0.39, 0.29) is 12.7 Å². The van der Waals surface area contributed by atoms with Gasteiger partial charge in [0, 0.05) is 5.56 Å². The van der Waals surface area contributed by atoms with Crippen LogP contribution in [-0.4, -0.2) is 60.9 Å². The molecule has 4 aliphatic heterocycles. The Morgan fingerprint density at radius 3 is 2.45 bits per heavy atom. The number of rotatable bonds is 3. The second-order valence-corrected chi connectivity index (χ2v) is 9.28. The highest BCUT2D eigenvalue weighted by Gasteiger charge is 2.64. The number of fused-ring (bicyclic) bond motifs is 1. The van der Waals surface area contributed by atoms with Crippen molar-refractivity contribution in [3.63, 3.8) is 0 Å². The molecule has 31 heavy (non-hydrogen) atoms. The molecule has 0 N–H and O–H groups in total. The molecule has 3 fully saturated rings. The van der Waals surface area contributed by atoms with Crippen LogP contribution in [0.25, 0.3) is 0 Å². The number of nitrogens with zero attached hydrogens (tertiary/aromatic N) is 1. The smallest absolute Gasteiger partial charge is 0.249 e. The van der Waals surface area contributed by atoms with Crippen LogP contribution in [-0.2, 0) is 33.3 Å². The van der Waals surface area contributed by atoms with Crippen molar-refractivity contribution < 1.29 is 33.3 Å². The van der Waals surface area contributed by atoms with Crippen LogP contribution in [0.3, 0.4) is 0 Å². The van der Waals surface area contributed by atoms with Crippen LogP contribution in [0.15, 0.2) is 47.1 Å². The number of ether oxygens (including phenoxy) is 6. The van der Waals surface area contributed by atoms with Crippen LogP contribution in [0.2, 0.25) is 0 Å². The molecule has 5 atom stereocenters. The molecule has 1 aromatic carbocycles. The Morgan fingerprint density at radius 2 is 1.77 bits per heavy atom. The third-order valence-electron chi connectivity index (χ3n) is 5.81. The van der Waals surface area contributed by atoms with Gasteiger partial charge < -0.3 is 33.3 Å². The highest BCUT2D eigenvalue weighted by molar-refractivity contribution is 6.09. The summed E-state index contributed by atoms with van der Waals surface area (Å²) in [6.07, 6.45) is -0.0808. The summed E-state index contributed by atoms with van der Waals surface area (Å²) in [5.41, 5.74) is 2.59. The summed E-state index contributed by atoms with van der Waals surface area (Å²) in [5.74, 6) is -2.68. The SMILES string of the molecule is CC1=CC(c2ccccc2)=NOC1O[C@H]1[C@@H]2OC(C)(C)O[C@@H]2CO[C@]12COC(C)(C)O2. The molecule has 1 spiro atoms. The number of hydrogen-bond donors (Lipinski definition) is 0. The van der Waals surface area contributed by atoms with E-state index < -0.39 is 35.9 Å². The maximum absolute atomic E-state index is 6.43. The maximum atomic E-state index is 6.43. The molecule has 5 rings (SSSR count). The summed E-state index contributed by atoms with van der Waals surface area (Å²) >= 11 is 0. The van der Waals surface area contributed by atoms with Gasteiger partial charge in [-0.25, -0.2) is 0 Å². The number of hydrogen-bond acceptors (Lipinski definition) is 8. The average Bonchev–Trinajstić information content (AvgIpc) is 3.21. The van der Waals surface area contributed by atoms with E-state index in [0.717, 1.165) is 16.8 Å². The van der Waals surface area contributed by atoms with Crippen LogP contribution < -0.4 is 0 Å². The minimum absolute atomic E-state index is 0.214. The van der Waals surface area contributed by atoms with E-state index in [9.17, 15) is 0 Å². The predicted octanol–water partition coefficient (Wildman–Crippen LogP) is 3.11. The van der Waals surface area contributed by atoms with Crippen LogP contribution in [0.4, 0.5) is 0 Å². The van der Waals surface area contributed by atoms with Gasteiger partial charge >= 0.3 is 0 Å². The van der Waals surface area contributed by atoms with E-state index >= 15 is 0 Å². The van der Waals surface area contributed by atoms with Crippen LogP contribution >= 0.6 is 0 Å². The fourth-order valence-corrected chi connectivity index (χ4v) is 4.45. The Hall–Kier alpha value is -1.81. The van der Waals surface area contributed by atoms with Gasteiger partial charge in [0.15, 0.2) is 11.6 Å². The quantitative estimate of drug-likeness (QED) is 0.728. The number of oxime groups is 1. The Morgan fingerprint density at radius 1 is 1.00 bits per heavy atom. The van der Waals surface area contributed by atoms with Crippen LogP contribution in [0.1, 0.15) is 40.2 Å². The lowest BCUT2D eigenvalue weighted by molar-refractivity contribution is -0.352. The Kier molecular flexibility index (Phi) is 5.00. The summed E-state index contributed by atoms with van der Waals surface area (Å²) in [6.45, 7) is 9.94. The first-order valence-corrected chi connectivity index (χ1v) is 10.6. The Labute approximate surface area is 182 Å². The molecule has 8 nitrogen and oxygen atoms in total. The third-order valence-corrected chi connectivity index (χ3v) is 5.81. The molecule has 1 unspecified atom stereocenters. The van der Waals surface area contributed by atoms with Crippen molar-refractivity contribution >= 4 is 5.71 Å². The standard InChI is InChI=1S/C23H29NO7/c1-14-11-16(15-9-7-6-8-10-15)24-30-20(14)27-19-18-17(28-22(4,5)29-18)12-25-23(19)13-26-21(2,3)31-23/h6-11,17-20H,12-13H2,1-5H3/t17-,18-,19+,20?,23+/m1/s1. The van der Waals surface area contributed by atoms with E-state index in [0.29, 0.717) is 6.61 Å². The summed E-state index contributed by atoms with van der Waals surface area (Å²) in [6, 6.07) is 9.86. The molecular weight excluding hydrogens is 402 g/mol. The van der Waals surface area contributed by atoms with Gasteiger partial charge in [0.2, 0.25) is 12.1 Å². The zero-order valence-electron chi connectivity index (χ0n) is 18.5. The predicted molar refractivity (Wildman–Crippen MR) is 110 cm³/mol. The molecule has 4 heterocycles. The second-order valence-electron chi connectivity index (χ2n) is 9.28. The molecular formula is C23H29NO7. The molecule has 0 aliphatic carbocycles. The zero-order chi connectivity index (χ0) is 21.9. The van der Waals surface area contributed by atoms with Crippen molar-refractivity contribution in [1.82, 2.24) is 0 Å². The van der Waals surface area contributed by atoms with Crippen molar-refractivity contribution in [3.8, 4) is 0 Å². The van der Waals surface area contributed by atoms with Gasteiger partial charge in [0.1, 0.15) is 30.6 Å². The molecule has 0 aromatic heterocycles. The van der Waals surface area contributed by atoms with Gasteiger partial charge in [0.05, 0.1) is 6.61 Å². The number of benzene rings is 1. The highest BCUT2D eigenvalue weighted by Crippen LogP contribution is 2.46. The van der Waals surface area contributed by atoms with E-state index in [1.807, 2.05) is 71.0 Å². The molecule has 1 aromatic rings. The molecule has 0 saturated carbocycles. The topological polar surface area (TPSA) is 77.0 Å². The lowest BCUT2D eigenvalue weighted by Crippen LogP contribution is -2.63. The summed E-state index contributed by atoms with van der Waals surface area (Å²) in [5, 5.41) is 4.29. The minimum atomic E-state index is -1.12. The van der Waals surface area contributed by atoms with Gasteiger partial charge in [-0.1, -0.05) is 35.5 Å². The molecule has 0 amide bonds. The first-order valence-electron chi connectivity index (χ1n) is 10.6. The molecule has 0 radical (unpaired) electrons. The lowest BCUT2D eigenvalue weighted by Gasteiger charge is -2.44. The van der Waals surface area contributed by atoms with Crippen molar-refractivity contribution in [1.29, 1.82) is 0 Å². The average molecular weight is 431 g/mol. The monoisotopic (exact) mass is 431 g/mol. The first-order chi connectivity index (χ1) is 14.7. The van der Waals surface area contributed by atoms with Crippen molar-refractivity contribution in [2.75, 3.05) is 13.2 Å². The van der Waals surface area contributed by atoms with Gasteiger partial charge in [-0.15, -0.1) is 0 Å². The van der Waals surface area contributed by atoms with E-state index in [1.54, 1.807) is 0 Å². The minimum Gasteiger partial charge on any atom is -0.358 e. The molecule has 3 saturated heterocycles. The second kappa shape index (κ2) is 7.37. The van der Waals surface area contributed by atoms with Crippen LogP contribution in [0, 0.1) is 0 Å². The van der Waals surface area contributed by atoms with Gasteiger partial charge in [0.25, 0.3) is 0 Å². The largest absolute Gasteiger partial charge is 0.358 e. The molecule has 0 bridgehead atoms. The van der Waals surface area contributed by atoms with Crippen molar-refractivity contribution in [3.05, 3.63) is 47.5 Å². The summed E-state index contributed by atoms with van der Waals surface area (Å²) in [7, 11) is 0. The lowest BCUT2D eigenvalue weighted by atomic mass is 9.96. The highest BCUT2D eigenvalue weighted by atomic mass is 16.9. The number of allylic oxidation sites excluding steroid dienone is 1. The summed E-state index contributed by atoms with van der Waals surface area (Å²) in [4.78, 5) is 5.76. The van der Waals surface area contributed by atoms with Gasteiger partial charge in [-0.3, -0.25) is 0 Å². The summed E-state index contributed by atoms with van der Waals surface area (Å²) < 4.78 is 36.9. The normalized spacial score (nSPS) is 38.4. The molecule has 8 heteroatoms. The zero-order valence-corrected chi connectivity index (χ0v) is 18.5. The first kappa shape index (κ1) is 21.1. The van der Waals surface area contributed by atoms with Crippen molar-refractivity contribution in [2.24, 2.45) is 5.16 Å². The fraction of sp³-hybridized carbons (Fsp3) is 0.609. The van der Waals surface area contributed by atoms with E-state index in [4.69, 9.17) is 33.3 Å². The maximum Gasteiger partial charge on any atom is 0.249 e. The van der Waals surface area contributed by atoms with E-state index in [2.05, 4.69) is 5.16 Å². The Balaban J connectivity index is 1.40. The van der Waals surface area contributed by atoms with Crippen LogP contribution in [0.5, 0.6) is 0 Å². The van der Waals surface area contributed by atoms with Gasteiger partial charge in [-0.2, -0.15) is 0 Å². The third kappa shape index (κ3) is 3.92.